The van der Waals surface area contributed by atoms with Gasteiger partial charge in [0.1, 0.15) is 19.0 Å². The standard InChI is InChI=1S/C20H21NO7/c1-24-15-5-3-13(4-6-15)11-21-18(22)12-28-20(23)14-9-16(25-2)19-17(10-14)26-7-8-27-19/h3-6,9-10H,7-8,11-12H2,1-2H3,(H,21,22). The number of hydrogen-bond acceptors (Lipinski definition) is 7. The number of nitrogens with one attached hydrogen (secondary N) is 1. The number of esters is 1. The maximum absolute atomic E-state index is 12.3. The number of fused-ring (bicyclic) bond motifs is 1. The summed E-state index contributed by atoms with van der Waals surface area (Å²) < 4.78 is 26.4. The fourth-order valence-corrected chi connectivity index (χ4v) is 2.60. The van der Waals surface area contributed by atoms with Crippen molar-refractivity contribution in [1.82, 2.24) is 5.32 Å². The molecule has 2 aromatic rings. The SMILES string of the molecule is COc1ccc(CNC(=O)COC(=O)c2cc(OC)c3c(c2)OCCO3)cc1. The van der Waals surface area contributed by atoms with E-state index in [-0.39, 0.29) is 5.56 Å². The van der Waals surface area contributed by atoms with Crippen LogP contribution < -0.4 is 24.3 Å². The molecule has 1 N–H and O–H groups in total. The summed E-state index contributed by atoms with van der Waals surface area (Å²) >= 11 is 0. The summed E-state index contributed by atoms with van der Waals surface area (Å²) in [4.78, 5) is 24.2. The molecule has 0 unspecified atom stereocenters. The van der Waals surface area contributed by atoms with Crippen LogP contribution in [0.3, 0.4) is 0 Å². The Kier molecular flexibility index (Phi) is 6.21. The van der Waals surface area contributed by atoms with Gasteiger partial charge >= 0.3 is 5.97 Å². The maximum atomic E-state index is 12.3. The van der Waals surface area contributed by atoms with Gasteiger partial charge in [0.15, 0.2) is 18.1 Å². The van der Waals surface area contributed by atoms with Crippen LogP contribution in [0.15, 0.2) is 36.4 Å². The van der Waals surface area contributed by atoms with Crippen LogP contribution in [0, 0.1) is 0 Å². The lowest BCUT2D eigenvalue weighted by molar-refractivity contribution is -0.124. The smallest absolute Gasteiger partial charge is 0.338 e. The normalized spacial score (nSPS) is 12.1. The molecule has 1 amide bonds. The van der Waals surface area contributed by atoms with Gasteiger partial charge < -0.3 is 29.0 Å². The predicted molar refractivity (Wildman–Crippen MR) is 99.1 cm³/mol. The molecule has 3 rings (SSSR count). The van der Waals surface area contributed by atoms with E-state index >= 15 is 0 Å². The zero-order valence-electron chi connectivity index (χ0n) is 15.7. The van der Waals surface area contributed by atoms with E-state index in [0.717, 1.165) is 11.3 Å². The molecule has 0 aromatic heterocycles. The molecule has 0 aliphatic carbocycles. The highest BCUT2D eigenvalue weighted by Crippen LogP contribution is 2.40. The van der Waals surface area contributed by atoms with Crippen LogP contribution in [-0.2, 0) is 16.1 Å². The van der Waals surface area contributed by atoms with E-state index in [1.54, 1.807) is 19.2 Å². The van der Waals surface area contributed by atoms with Crippen LogP contribution in [0.5, 0.6) is 23.0 Å². The number of carbonyl (C=O) groups is 2. The van der Waals surface area contributed by atoms with Gasteiger partial charge in [-0.3, -0.25) is 4.79 Å². The summed E-state index contributed by atoms with van der Waals surface area (Å²) in [6, 6.07) is 10.3. The molecule has 0 fully saturated rings. The van der Waals surface area contributed by atoms with Gasteiger partial charge in [0, 0.05) is 6.54 Å². The zero-order chi connectivity index (χ0) is 19.9. The fraction of sp³-hybridized carbons (Fsp3) is 0.300. The number of ether oxygens (including phenoxy) is 5. The first-order chi connectivity index (χ1) is 13.6. The minimum atomic E-state index is -0.658. The minimum absolute atomic E-state index is 0.212. The molecule has 28 heavy (non-hydrogen) atoms. The third-order valence-electron chi connectivity index (χ3n) is 4.05. The molecule has 0 saturated heterocycles. The van der Waals surface area contributed by atoms with Crippen LogP contribution in [-0.4, -0.2) is 45.9 Å². The molecule has 0 bridgehead atoms. The number of amides is 1. The van der Waals surface area contributed by atoms with Gasteiger partial charge in [-0.15, -0.1) is 0 Å². The number of rotatable bonds is 7. The molecular weight excluding hydrogens is 366 g/mol. The number of hydrogen-bond donors (Lipinski definition) is 1. The van der Waals surface area contributed by atoms with Crippen LogP contribution in [0.4, 0.5) is 0 Å². The van der Waals surface area contributed by atoms with Crippen LogP contribution >= 0.6 is 0 Å². The van der Waals surface area contributed by atoms with Crippen molar-refractivity contribution in [3.8, 4) is 23.0 Å². The van der Waals surface area contributed by atoms with Crippen molar-refractivity contribution in [2.24, 2.45) is 0 Å². The molecule has 0 radical (unpaired) electrons. The summed E-state index contributed by atoms with van der Waals surface area (Å²) in [6.07, 6.45) is 0. The molecule has 1 heterocycles. The second-order valence-electron chi connectivity index (χ2n) is 5.90. The van der Waals surface area contributed by atoms with Gasteiger partial charge in [-0.05, 0) is 29.8 Å². The Morgan fingerprint density at radius 1 is 1.04 bits per heavy atom. The number of methoxy groups -OCH3 is 2. The van der Waals surface area contributed by atoms with Gasteiger partial charge in [0.25, 0.3) is 5.91 Å². The highest BCUT2D eigenvalue weighted by molar-refractivity contribution is 5.92. The number of benzene rings is 2. The minimum Gasteiger partial charge on any atom is -0.497 e. The van der Waals surface area contributed by atoms with E-state index in [9.17, 15) is 9.59 Å². The summed E-state index contributed by atoms with van der Waals surface area (Å²) in [5.41, 5.74) is 1.11. The van der Waals surface area contributed by atoms with Crippen molar-refractivity contribution in [3.63, 3.8) is 0 Å². The highest BCUT2D eigenvalue weighted by atomic mass is 16.6. The Morgan fingerprint density at radius 2 is 1.79 bits per heavy atom. The van der Waals surface area contributed by atoms with Crippen molar-refractivity contribution in [2.45, 2.75) is 6.54 Å². The topological polar surface area (TPSA) is 92.3 Å². The second-order valence-corrected chi connectivity index (χ2v) is 5.90. The van der Waals surface area contributed by atoms with Gasteiger partial charge in [0.2, 0.25) is 5.75 Å². The summed E-state index contributed by atoms with van der Waals surface area (Å²) in [6.45, 7) is 0.702. The molecule has 1 aliphatic rings. The predicted octanol–water partition coefficient (Wildman–Crippen LogP) is 1.95. The molecule has 0 atom stereocenters. The largest absolute Gasteiger partial charge is 0.497 e. The average Bonchev–Trinajstić information content (AvgIpc) is 2.75. The lowest BCUT2D eigenvalue weighted by atomic mass is 10.1. The second kappa shape index (κ2) is 8.98. The number of carbonyl (C=O) groups excluding carboxylic acids is 2. The molecule has 148 valence electrons. The van der Waals surface area contributed by atoms with Gasteiger partial charge in [-0.25, -0.2) is 4.79 Å². The van der Waals surface area contributed by atoms with Crippen LogP contribution in [0.1, 0.15) is 15.9 Å². The first kappa shape index (κ1) is 19.3. The van der Waals surface area contributed by atoms with Crippen molar-refractivity contribution in [3.05, 3.63) is 47.5 Å². The van der Waals surface area contributed by atoms with Crippen molar-refractivity contribution >= 4 is 11.9 Å². The summed E-state index contributed by atoms with van der Waals surface area (Å²) in [7, 11) is 3.05. The van der Waals surface area contributed by atoms with Crippen LogP contribution in [0.2, 0.25) is 0 Å². The van der Waals surface area contributed by atoms with E-state index in [4.69, 9.17) is 23.7 Å². The summed E-state index contributed by atoms with van der Waals surface area (Å²) in [5.74, 6) is 0.888. The lowest BCUT2D eigenvalue weighted by Gasteiger charge is -2.21. The Bertz CT molecular complexity index is 831. The summed E-state index contributed by atoms with van der Waals surface area (Å²) in [5, 5.41) is 2.69. The Labute approximate surface area is 162 Å². The van der Waals surface area contributed by atoms with Crippen LogP contribution in [0.25, 0.3) is 0 Å². The van der Waals surface area contributed by atoms with Crippen molar-refractivity contribution < 1.29 is 33.3 Å². The molecule has 2 aromatic carbocycles. The molecule has 1 aliphatic heterocycles. The monoisotopic (exact) mass is 387 g/mol. The van der Waals surface area contributed by atoms with Crippen molar-refractivity contribution in [2.75, 3.05) is 34.0 Å². The maximum Gasteiger partial charge on any atom is 0.338 e. The van der Waals surface area contributed by atoms with E-state index in [1.165, 1.54) is 19.2 Å². The third kappa shape index (κ3) is 4.64. The average molecular weight is 387 g/mol. The molecule has 0 spiro atoms. The molecule has 8 nitrogen and oxygen atoms in total. The van der Waals surface area contributed by atoms with Gasteiger partial charge in [-0.1, -0.05) is 12.1 Å². The Hall–Kier alpha value is -3.42. The highest BCUT2D eigenvalue weighted by Gasteiger charge is 2.22. The Morgan fingerprint density at radius 3 is 2.50 bits per heavy atom. The first-order valence-corrected chi connectivity index (χ1v) is 8.65. The molecule has 8 heteroatoms. The zero-order valence-corrected chi connectivity index (χ0v) is 15.7. The lowest BCUT2D eigenvalue weighted by Crippen LogP contribution is -2.28. The van der Waals surface area contributed by atoms with Gasteiger partial charge in [0.05, 0.1) is 19.8 Å². The van der Waals surface area contributed by atoms with E-state index < -0.39 is 18.5 Å². The van der Waals surface area contributed by atoms with Crippen molar-refractivity contribution in [1.29, 1.82) is 0 Å². The fourth-order valence-electron chi connectivity index (χ4n) is 2.60. The third-order valence-corrected chi connectivity index (χ3v) is 4.05. The van der Waals surface area contributed by atoms with E-state index in [1.807, 2.05) is 12.1 Å². The quantitative estimate of drug-likeness (QED) is 0.726. The van der Waals surface area contributed by atoms with E-state index in [2.05, 4.69) is 5.32 Å². The Balaban J connectivity index is 1.53. The van der Waals surface area contributed by atoms with Gasteiger partial charge in [-0.2, -0.15) is 0 Å². The van der Waals surface area contributed by atoms with E-state index in [0.29, 0.717) is 37.0 Å². The molecular formula is C20H21NO7. The molecule has 0 saturated carbocycles. The first-order valence-electron chi connectivity index (χ1n) is 8.65.